The van der Waals surface area contributed by atoms with E-state index in [0.29, 0.717) is 0 Å². The molecule has 53 heavy (non-hydrogen) atoms. The van der Waals surface area contributed by atoms with Crippen LogP contribution < -0.4 is 0 Å². The lowest BCUT2D eigenvalue weighted by atomic mass is 10.0. The molecule has 11 rings (SSSR count). The summed E-state index contributed by atoms with van der Waals surface area (Å²) in [6, 6.07) is 66.7. The third-order valence-electron chi connectivity index (χ3n) is 10.6. The number of nitrogens with zero attached hydrogens (tertiary/aromatic N) is 3. The largest absolute Gasteiger partial charge is 0.456 e. The molecule has 8 aromatic carbocycles. The van der Waals surface area contributed by atoms with Crippen molar-refractivity contribution in [3.8, 4) is 45.0 Å². The van der Waals surface area contributed by atoms with Crippen LogP contribution in [0.1, 0.15) is 0 Å². The van der Waals surface area contributed by atoms with Crippen molar-refractivity contribution >= 4 is 54.8 Å². The zero-order valence-electron chi connectivity index (χ0n) is 28.6. The first-order valence-corrected chi connectivity index (χ1v) is 18.0. The Balaban J connectivity index is 1.01. The summed E-state index contributed by atoms with van der Waals surface area (Å²) in [6.45, 7) is 0. The number of hydrogen-bond donors (Lipinski definition) is 0. The molecule has 0 aliphatic rings. The van der Waals surface area contributed by atoms with Crippen LogP contribution in [0, 0.1) is 0 Å². The Morgan fingerprint density at radius 1 is 0.340 bits per heavy atom. The van der Waals surface area contributed by atoms with Crippen molar-refractivity contribution in [1.29, 1.82) is 0 Å². The minimum atomic E-state index is 0.910. The van der Waals surface area contributed by atoms with Crippen LogP contribution in [-0.4, -0.2) is 14.1 Å². The van der Waals surface area contributed by atoms with Gasteiger partial charge in [0.2, 0.25) is 0 Å². The summed E-state index contributed by atoms with van der Waals surface area (Å²) in [5.74, 6) is 0.921. The number of hydrogen-bond acceptors (Lipinski definition) is 2. The molecule has 248 valence electrons. The highest BCUT2D eigenvalue weighted by atomic mass is 16.3. The molecule has 3 aromatic heterocycles. The summed E-state index contributed by atoms with van der Waals surface area (Å²) in [4.78, 5) is 5.13. The molecule has 0 spiro atoms. The lowest BCUT2D eigenvalue weighted by molar-refractivity contribution is 0.669. The predicted octanol–water partition coefficient (Wildman–Crippen LogP) is 13.0. The van der Waals surface area contributed by atoms with Gasteiger partial charge >= 0.3 is 0 Å². The highest BCUT2D eigenvalue weighted by Crippen LogP contribution is 2.38. The molecule has 4 heteroatoms. The Bertz CT molecular complexity index is 3150. The van der Waals surface area contributed by atoms with Gasteiger partial charge in [0.1, 0.15) is 17.0 Å². The van der Waals surface area contributed by atoms with Crippen LogP contribution in [0.4, 0.5) is 0 Å². The smallest absolute Gasteiger partial charge is 0.145 e. The standard InChI is InChI=1S/C49H31N3O/c1-2-10-32(11-3-1)33-18-20-34(21-19-33)49-50-43-14-6-8-16-46(43)52(49)38-26-24-37(25-27-38)51-44-15-7-4-12-39(44)41-30-35(22-28-45(41)51)36-23-29-48-42(31-36)40-13-5-9-17-47(40)53-48/h1-31H. The molecule has 0 aliphatic carbocycles. The lowest BCUT2D eigenvalue weighted by Crippen LogP contribution is -1.99. The number of aromatic nitrogens is 3. The van der Waals surface area contributed by atoms with E-state index in [1.807, 2.05) is 12.1 Å². The van der Waals surface area contributed by atoms with Gasteiger partial charge in [-0.1, -0.05) is 115 Å². The molecular formula is C49H31N3O. The molecule has 0 amide bonds. The Morgan fingerprint density at radius 3 is 1.70 bits per heavy atom. The second-order valence-electron chi connectivity index (χ2n) is 13.6. The first-order chi connectivity index (χ1) is 26.3. The number of para-hydroxylation sites is 4. The number of imidazole rings is 1. The molecule has 3 heterocycles. The Kier molecular flexibility index (Phi) is 6.52. The third-order valence-corrected chi connectivity index (χ3v) is 10.6. The van der Waals surface area contributed by atoms with Crippen LogP contribution in [0.5, 0.6) is 0 Å². The molecule has 0 aliphatic heterocycles. The van der Waals surface area contributed by atoms with Gasteiger partial charge in [-0.05, 0) is 95.1 Å². The maximum atomic E-state index is 6.12. The van der Waals surface area contributed by atoms with Gasteiger partial charge in [0.15, 0.2) is 0 Å². The average Bonchev–Trinajstić information content (AvgIpc) is 3.91. The molecule has 4 nitrogen and oxygen atoms in total. The maximum absolute atomic E-state index is 6.12. The lowest BCUT2D eigenvalue weighted by Gasteiger charge is -2.13. The predicted molar refractivity (Wildman–Crippen MR) is 219 cm³/mol. The molecule has 0 fully saturated rings. The summed E-state index contributed by atoms with van der Waals surface area (Å²) < 4.78 is 10.8. The van der Waals surface area contributed by atoms with Crippen LogP contribution in [0.15, 0.2) is 192 Å². The van der Waals surface area contributed by atoms with Crippen LogP contribution >= 0.6 is 0 Å². The molecule has 0 saturated heterocycles. The van der Waals surface area contributed by atoms with Gasteiger partial charge in [-0.2, -0.15) is 0 Å². The van der Waals surface area contributed by atoms with E-state index in [4.69, 9.17) is 9.40 Å². The van der Waals surface area contributed by atoms with Crippen molar-refractivity contribution in [1.82, 2.24) is 14.1 Å². The Morgan fingerprint density at radius 2 is 0.887 bits per heavy atom. The van der Waals surface area contributed by atoms with Gasteiger partial charge in [-0.15, -0.1) is 0 Å². The first-order valence-electron chi connectivity index (χ1n) is 18.0. The van der Waals surface area contributed by atoms with E-state index in [2.05, 4.69) is 185 Å². The summed E-state index contributed by atoms with van der Waals surface area (Å²) in [5, 5.41) is 4.73. The van der Waals surface area contributed by atoms with E-state index in [-0.39, 0.29) is 0 Å². The fraction of sp³-hybridized carbons (Fsp3) is 0. The molecule has 0 unspecified atom stereocenters. The Labute approximate surface area is 305 Å². The molecular weight excluding hydrogens is 647 g/mol. The van der Waals surface area contributed by atoms with Crippen molar-refractivity contribution in [2.75, 3.05) is 0 Å². The van der Waals surface area contributed by atoms with Crippen LogP contribution in [0.25, 0.3) is 99.8 Å². The summed E-state index contributed by atoms with van der Waals surface area (Å²) in [6.07, 6.45) is 0. The van der Waals surface area contributed by atoms with Gasteiger partial charge in [-0.25, -0.2) is 4.98 Å². The van der Waals surface area contributed by atoms with Crippen molar-refractivity contribution in [2.24, 2.45) is 0 Å². The second-order valence-corrected chi connectivity index (χ2v) is 13.6. The van der Waals surface area contributed by atoms with E-state index in [1.165, 1.54) is 44.1 Å². The number of fused-ring (bicyclic) bond motifs is 7. The SMILES string of the molecule is c1ccc(-c2ccc(-c3nc4ccccc4n3-c3ccc(-n4c5ccccc5c5cc(-c6ccc7oc8ccccc8c7c6)ccc54)cc3)cc2)cc1. The number of rotatable bonds is 5. The molecule has 0 radical (unpaired) electrons. The van der Waals surface area contributed by atoms with Crippen LogP contribution in [0.2, 0.25) is 0 Å². The minimum absolute atomic E-state index is 0.910. The second kappa shape index (κ2) is 11.7. The van der Waals surface area contributed by atoms with E-state index in [0.717, 1.165) is 55.7 Å². The quantitative estimate of drug-likeness (QED) is 0.182. The van der Waals surface area contributed by atoms with E-state index in [9.17, 15) is 0 Å². The Hall–Kier alpha value is -7.17. The van der Waals surface area contributed by atoms with Gasteiger partial charge in [0, 0.05) is 38.5 Å². The van der Waals surface area contributed by atoms with Gasteiger partial charge in [0.05, 0.1) is 22.1 Å². The molecule has 0 saturated carbocycles. The highest BCUT2D eigenvalue weighted by molar-refractivity contribution is 6.11. The van der Waals surface area contributed by atoms with E-state index >= 15 is 0 Å². The van der Waals surface area contributed by atoms with Crippen molar-refractivity contribution in [3.05, 3.63) is 188 Å². The van der Waals surface area contributed by atoms with E-state index < -0.39 is 0 Å². The average molecular weight is 678 g/mol. The molecule has 0 N–H and O–H groups in total. The van der Waals surface area contributed by atoms with Crippen molar-refractivity contribution in [3.63, 3.8) is 0 Å². The topological polar surface area (TPSA) is 35.9 Å². The van der Waals surface area contributed by atoms with Crippen LogP contribution in [-0.2, 0) is 0 Å². The van der Waals surface area contributed by atoms with Gasteiger partial charge in [-0.3, -0.25) is 4.57 Å². The monoisotopic (exact) mass is 677 g/mol. The van der Waals surface area contributed by atoms with Gasteiger partial charge in [0.25, 0.3) is 0 Å². The summed E-state index contributed by atoms with van der Waals surface area (Å²) in [5.41, 5.74) is 14.2. The van der Waals surface area contributed by atoms with Gasteiger partial charge < -0.3 is 8.98 Å². The van der Waals surface area contributed by atoms with E-state index in [1.54, 1.807) is 0 Å². The molecule has 11 aromatic rings. The molecule has 0 bridgehead atoms. The highest BCUT2D eigenvalue weighted by Gasteiger charge is 2.17. The minimum Gasteiger partial charge on any atom is -0.456 e. The fourth-order valence-electron chi connectivity index (χ4n) is 8.01. The number of furan rings is 1. The normalized spacial score (nSPS) is 11.8. The summed E-state index contributed by atoms with van der Waals surface area (Å²) >= 11 is 0. The van der Waals surface area contributed by atoms with Crippen molar-refractivity contribution < 1.29 is 4.42 Å². The zero-order chi connectivity index (χ0) is 34.9. The third kappa shape index (κ3) is 4.73. The van der Waals surface area contributed by atoms with Crippen LogP contribution in [0.3, 0.4) is 0 Å². The number of benzene rings is 8. The first kappa shape index (κ1) is 29.5. The fourth-order valence-corrected chi connectivity index (χ4v) is 8.01. The maximum Gasteiger partial charge on any atom is 0.145 e. The van der Waals surface area contributed by atoms with Crippen molar-refractivity contribution in [2.45, 2.75) is 0 Å². The zero-order valence-corrected chi connectivity index (χ0v) is 28.6. The summed E-state index contributed by atoms with van der Waals surface area (Å²) in [7, 11) is 0. The molecule has 0 atom stereocenters.